The van der Waals surface area contributed by atoms with Gasteiger partial charge in [-0.3, -0.25) is 9.59 Å². The van der Waals surface area contributed by atoms with Crippen molar-refractivity contribution in [3.05, 3.63) is 34.9 Å². The molecule has 0 rings (SSSR count). The minimum Gasteiger partial charge on any atom is -0.295 e. The van der Waals surface area contributed by atoms with E-state index in [1.807, 2.05) is 13.8 Å². The van der Waals surface area contributed by atoms with Crippen molar-refractivity contribution in [2.45, 2.75) is 41.0 Å². The van der Waals surface area contributed by atoms with Crippen LogP contribution >= 0.6 is 0 Å². The number of ketones is 2. The summed E-state index contributed by atoms with van der Waals surface area (Å²) in [6.07, 6.45) is 2.30. The first-order chi connectivity index (χ1) is 7.27. The fourth-order valence-corrected chi connectivity index (χ4v) is 1.22. The van der Waals surface area contributed by atoms with Crippen LogP contribution in [0.4, 0.5) is 0 Å². The van der Waals surface area contributed by atoms with Gasteiger partial charge >= 0.3 is 0 Å². The predicted molar refractivity (Wildman–Crippen MR) is 67.3 cm³/mol. The summed E-state index contributed by atoms with van der Waals surface area (Å²) in [4.78, 5) is 22.5. The second-order valence-electron chi connectivity index (χ2n) is 4.09. The summed E-state index contributed by atoms with van der Waals surface area (Å²) in [6, 6.07) is 0. The van der Waals surface area contributed by atoms with E-state index in [0.717, 1.165) is 16.7 Å². The molecule has 0 heterocycles. The Kier molecular flexibility index (Phi) is 5.65. The van der Waals surface area contributed by atoms with Gasteiger partial charge in [-0.15, -0.1) is 0 Å². The summed E-state index contributed by atoms with van der Waals surface area (Å²) in [5, 5.41) is 0. The molecule has 0 fully saturated rings. The molecule has 0 aromatic heterocycles. The molecule has 0 aliphatic carbocycles. The van der Waals surface area contributed by atoms with E-state index in [2.05, 4.69) is 6.58 Å². The maximum atomic E-state index is 11.5. The molecule has 0 N–H and O–H groups in total. The van der Waals surface area contributed by atoms with Gasteiger partial charge in [0.2, 0.25) is 0 Å². The number of carbonyl (C=O) groups is 2. The van der Waals surface area contributed by atoms with Crippen LogP contribution in [0.3, 0.4) is 0 Å². The maximum absolute atomic E-state index is 11.5. The Morgan fingerprint density at radius 2 is 1.50 bits per heavy atom. The number of hydrogen-bond donors (Lipinski definition) is 0. The van der Waals surface area contributed by atoms with Crippen LogP contribution in [-0.4, -0.2) is 11.6 Å². The van der Waals surface area contributed by atoms with E-state index in [0.29, 0.717) is 12.0 Å². The lowest BCUT2D eigenvalue weighted by atomic mass is 9.97. The Morgan fingerprint density at radius 3 is 1.81 bits per heavy atom. The second kappa shape index (κ2) is 6.21. The molecule has 0 aromatic carbocycles. The Balaban J connectivity index is 5.09. The molecule has 0 bridgehead atoms. The van der Waals surface area contributed by atoms with Crippen molar-refractivity contribution in [1.29, 1.82) is 0 Å². The van der Waals surface area contributed by atoms with Crippen LogP contribution in [0.15, 0.2) is 34.9 Å². The van der Waals surface area contributed by atoms with Gasteiger partial charge in [0.15, 0.2) is 11.6 Å². The topological polar surface area (TPSA) is 34.1 Å². The summed E-state index contributed by atoms with van der Waals surface area (Å²) < 4.78 is 0. The van der Waals surface area contributed by atoms with E-state index < -0.39 is 0 Å². The molecule has 0 aromatic rings. The monoisotopic (exact) mass is 220 g/mol. The van der Waals surface area contributed by atoms with Crippen LogP contribution in [-0.2, 0) is 9.59 Å². The molecule has 0 unspecified atom stereocenters. The van der Waals surface area contributed by atoms with E-state index in [9.17, 15) is 9.59 Å². The van der Waals surface area contributed by atoms with Crippen molar-refractivity contribution in [2.75, 3.05) is 0 Å². The number of allylic oxidation sites excluding steroid dienone is 5. The Bertz CT molecular complexity index is 382. The van der Waals surface area contributed by atoms with Gasteiger partial charge in [0.05, 0.1) is 0 Å². The van der Waals surface area contributed by atoms with E-state index in [1.54, 1.807) is 19.9 Å². The van der Waals surface area contributed by atoms with Gasteiger partial charge in [-0.1, -0.05) is 18.2 Å². The highest BCUT2D eigenvalue weighted by atomic mass is 16.1. The first-order valence-electron chi connectivity index (χ1n) is 5.31. The molecule has 0 saturated heterocycles. The fraction of sp³-hybridized carbons (Fsp3) is 0.429. The van der Waals surface area contributed by atoms with Crippen molar-refractivity contribution in [2.24, 2.45) is 0 Å². The molecule has 0 aliphatic heterocycles. The smallest absolute Gasteiger partial charge is 0.156 e. The third-order valence-corrected chi connectivity index (χ3v) is 2.69. The summed E-state index contributed by atoms with van der Waals surface area (Å²) in [5.41, 5.74) is 3.22. The van der Waals surface area contributed by atoms with Gasteiger partial charge < -0.3 is 0 Å². The lowest BCUT2D eigenvalue weighted by Gasteiger charge is -2.07. The lowest BCUT2D eigenvalue weighted by Crippen LogP contribution is -2.01. The van der Waals surface area contributed by atoms with Gasteiger partial charge in [0, 0.05) is 5.57 Å². The predicted octanol–water partition coefficient (Wildman–Crippen LogP) is 3.39. The summed E-state index contributed by atoms with van der Waals surface area (Å²) in [5.74, 6) is 0.0731. The van der Waals surface area contributed by atoms with Crippen molar-refractivity contribution in [3.8, 4) is 0 Å². The summed E-state index contributed by atoms with van der Waals surface area (Å²) >= 11 is 0. The second-order valence-corrected chi connectivity index (χ2v) is 4.09. The highest BCUT2D eigenvalue weighted by molar-refractivity contribution is 5.96. The van der Waals surface area contributed by atoms with Crippen LogP contribution in [0.25, 0.3) is 0 Å². The van der Waals surface area contributed by atoms with Gasteiger partial charge in [-0.25, -0.2) is 0 Å². The quantitative estimate of drug-likeness (QED) is 0.525. The maximum Gasteiger partial charge on any atom is 0.156 e. The molecular weight excluding hydrogens is 200 g/mol. The zero-order chi connectivity index (χ0) is 12.9. The van der Waals surface area contributed by atoms with Gasteiger partial charge in [0.25, 0.3) is 0 Å². The molecule has 16 heavy (non-hydrogen) atoms. The number of Topliss-reactive ketones (excluding diaryl/α,β-unsaturated/α-hetero) is 2. The molecular formula is C14H20O2. The zero-order valence-corrected chi connectivity index (χ0v) is 10.8. The fourth-order valence-electron chi connectivity index (χ4n) is 1.22. The molecule has 0 aliphatic rings. The van der Waals surface area contributed by atoms with Crippen LogP contribution in [0.2, 0.25) is 0 Å². The van der Waals surface area contributed by atoms with E-state index in [4.69, 9.17) is 0 Å². The van der Waals surface area contributed by atoms with Crippen LogP contribution < -0.4 is 0 Å². The van der Waals surface area contributed by atoms with Crippen molar-refractivity contribution in [3.63, 3.8) is 0 Å². The van der Waals surface area contributed by atoms with Crippen molar-refractivity contribution < 1.29 is 9.59 Å². The minimum absolute atomic E-state index is 0.0353. The van der Waals surface area contributed by atoms with Crippen LogP contribution in [0, 0.1) is 0 Å². The summed E-state index contributed by atoms with van der Waals surface area (Å²) in [7, 11) is 0. The molecule has 0 spiro atoms. The Hall–Kier alpha value is -1.44. The lowest BCUT2D eigenvalue weighted by molar-refractivity contribution is -0.114. The van der Waals surface area contributed by atoms with Crippen LogP contribution in [0.5, 0.6) is 0 Å². The number of hydrogen-bond acceptors (Lipinski definition) is 2. The molecule has 2 heteroatoms. The normalized spacial score (nSPS) is 13.2. The Morgan fingerprint density at radius 1 is 1.00 bits per heavy atom. The van der Waals surface area contributed by atoms with Crippen LogP contribution in [0.1, 0.15) is 41.0 Å². The average Bonchev–Trinajstić information content (AvgIpc) is 2.16. The third-order valence-electron chi connectivity index (χ3n) is 2.69. The number of carbonyl (C=O) groups excluding carboxylic acids is 2. The first-order valence-corrected chi connectivity index (χ1v) is 5.31. The van der Waals surface area contributed by atoms with Gasteiger partial charge in [0.1, 0.15) is 0 Å². The standard InChI is InChI=1S/C14H20O2/c1-9(2)11(4)14(13(6)16)8-7-10(3)12(5)15/h7H,1,8H2,2-6H3/b10-7+,14-11-. The summed E-state index contributed by atoms with van der Waals surface area (Å²) in [6.45, 7) is 12.4. The molecule has 0 radical (unpaired) electrons. The molecule has 2 nitrogen and oxygen atoms in total. The first kappa shape index (κ1) is 14.6. The zero-order valence-electron chi connectivity index (χ0n) is 10.8. The minimum atomic E-state index is 0.0353. The van der Waals surface area contributed by atoms with Gasteiger partial charge in [-0.2, -0.15) is 0 Å². The average molecular weight is 220 g/mol. The molecule has 88 valence electrons. The van der Waals surface area contributed by atoms with E-state index in [-0.39, 0.29) is 11.6 Å². The highest BCUT2D eigenvalue weighted by Crippen LogP contribution is 2.17. The molecule has 0 saturated carbocycles. The Labute approximate surface area is 97.7 Å². The SMILES string of the molecule is C=C(C)/C(C)=C(/C/C=C(\C)C(C)=O)C(C)=O. The molecule has 0 amide bonds. The van der Waals surface area contributed by atoms with Crippen molar-refractivity contribution >= 4 is 11.6 Å². The van der Waals surface area contributed by atoms with E-state index in [1.165, 1.54) is 6.92 Å². The third kappa shape index (κ3) is 4.39. The number of rotatable bonds is 5. The molecule has 0 atom stereocenters. The van der Waals surface area contributed by atoms with Gasteiger partial charge in [-0.05, 0) is 52.2 Å². The highest BCUT2D eigenvalue weighted by Gasteiger charge is 2.08. The largest absolute Gasteiger partial charge is 0.295 e. The van der Waals surface area contributed by atoms with E-state index >= 15 is 0 Å². The van der Waals surface area contributed by atoms with Crippen molar-refractivity contribution in [1.82, 2.24) is 0 Å².